The number of aryl methyl sites for hydroxylation is 1. The molecular formula is C11H9N3. The highest BCUT2D eigenvalue weighted by Gasteiger charge is 2.08. The number of rotatable bonds is 1. The molecule has 0 N–H and O–H groups in total. The molecule has 2 aromatic rings. The van der Waals surface area contributed by atoms with Crippen molar-refractivity contribution in [3.8, 4) is 17.3 Å². The van der Waals surface area contributed by atoms with E-state index in [2.05, 4.69) is 11.1 Å². The number of hydrogen-bond acceptors (Lipinski definition) is 2. The van der Waals surface area contributed by atoms with Crippen LogP contribution in [0.5, 0.6) is 0 Å². The predicted molar refractivity (Wildman–Crippen MR) is 53.4 cm³/mol. The van der Waals surface area contributed by atoms with Gasteiger partial charge in [-0.05, 0) is 0 Å². The van der Waals surface area contributed by atoms with Crippen LogP contribution in [-0.4, -0.2) is 9.55 Å². The monoisotopic (exact) mass is 183 g/mol. The fourth-order valence-electron chi connectivity index (χ4n) is 1.37. The van der Waals surface area contributed by atoms with Crippen molar-refractivity contribution < 1.29 is 0 Å². The lowest BCUT2D eigenvalue weighted by Gasteiger charge is -1.97. The van der Waals surface area contributed by atoms with Crippen molar-refractivity contribution in [3.63, 3.8) is 0 Å². The third-order valence-corrected chi connectivity index (χ3v) is 2.09. The Labute approximate surface area is 82.2 Å². The summed E-state index contributed by atoms with van der Waals surface area (Å²) in [4.78, 5) is 4.20. The lowest BCUT2D eigenvalue weighted by molar-refractivity contribution is 0.897. The van der Waals surface area contributed by atoms with Crippen molar-refractivity contribution in [1.29, 1.82) is 5.26 Å². The molecule has 3 heteroatoms. The summed E-state index contributed by atoms with van der Waals surface area (Å²) in [5.74, 6) is 0. The van der Waals surface area contributed by atoms with Crippen LogP contribution in [0.3, 0.4) is 0 Å². The van der Waals surface area contributed by atoms with E-state index in [0.29, 0.717) is 5.69 Å². The zero-order valence-electron chi connectivity index (χ0n) is 7.81. The average Bonchev–Trinajstić information content (AvgIpc) is 2.61. The molecule has 0 bridgehead atoms. The van der Waals surface area contributed by atoms with Gasteiger partial charge < -0.3 is 4.57 Å². The van der Waals surface area contributed by atoms with E-state index in [0.717, 1.165) is 11.3 Å². The highest BCUT2D eigenvalue weighted by Crippen LogP contribution is 2.20. The largest absolute Gasteiger partial charge is 0.325 e. The van der Waals surface area contributed by atoms with Gasteiger partial charge in [-0.3, -0.25) is 0 Å². The fourth-order valence-corrected chi connectivity index (χ4v) is 1.37. The van der Waals surface area contributed by atoms with Crippen molar-refractivity contribution in [3.05, 3.63) is 42.4 Å². The molecule has 0 amide bonds. The van der Waals surface area contributed by atoms with Crippen LogP contribution in [0, 0.1) is 11.3 Å². The molecule has 68 valence electrons. The number of nitriles is 1. The summed E-state index contributed by atoms with van der Waals surface area (Å²) in [5, 5.41) is 8.94. The maximum Gasteiger partial charge on any atom is 0.147 e. The first-order chi connectivity index (χ1) is 6.83. The second-order valence-electron chi connectivity index (χ2n) is 3.03. The van der Waals surface area contributed by atoms with Crippen molar-refractivity contribution in [2.45, 2.75) is 0 Å². The molecule has 0 radical (unpaired) electrons. The van der Waals surface area contributed by atoms with Crippen molar-refractivity contribution in [1.82, 2.24) is 9.55 Å². The number of hydrogen-bond donors (Lipinski definition) is 0. The Morgan fingerprint density at radius 2 is 2.00 bits per heavy atom. The summed E-state index contributed by atoms with van der Waals surface area (Å²) < 4.78 is 1.72. The van der Waals surface area contributed by atoms with E-state index in [1.54, 1.807) is 10.9 Å². The molecule has 0 spiro atoms. The summed E-state index contributed by atoms with van der Waals surface area (Å²) >= 11 is 0. The summed E-state index contributed by atoms with van der Waals surface area (Å²) in [6, 6.07) is 11.9. The Kier molecular flexibility index (Phi) is 2.04. The van der Waals surface area contributed by atoms with Crippen molar-refractivity contribution in [2.75, 3.05) is 0 Å². The smallest absolute Gasteiger partial charge is 0.147 e. The third kappa shape index (κ3) is 1.27. The van der Waals surface area contributed by atoms with Gasteiger partial charge in [0, 0.05) is 12.6 Å². The molecule has 0 saturated heterocycles. The summed E-state index contributed by atoms with van der Waals surface area (Å²) in [6.07, 6.45) is 1.65. The van der Waals surface area contributed by atoms with E-state index in [-0.39, 0.29) is 0 Å². The van der Waals surface area contributed by atoms with Crippen LogP contribution in [0.15, 0.2) is 36.7 Å². The first-order valence-corrected chi connectivity index (χ1v) is 4.30. The molecule has 3 nitrogen and oxygen atoms in total. The first kappa shape index (κ1) is 8.52. The Bertz CT molecular complexity index is 477. The van der Waals surface area contributed by atoms with Crippen LogP contribution in [-0.2, 0) is 7.05 Å². The van der Waals surface area contributed by atoms with Crippen LogP contribution in [0.25, 0.3) is 11.3 Å². The summed E-state index contributed by atoms with van der Waals surface area (Å²) in [6.45, 7) is 0. The van der Waals surface area contributed by atoms with Gasteiger partial charge in [0.05, 0.1) is 6.33 Å². The maximum atomic E-state index is 8.94. The SMILES string of the molecule is Cn1cnc(-c2ccccc2)c1C#N. The Hall–Kier alpha value is -2.08. The molecule has 0 aliphatic heterocycles. The van der Waals surface area contributed by atoms with Crippen LogP contribution in [0.2, 0.25) is 0 Å². The molecule has 0 fully saturated rings. The van der Waals surface area contributed by atoms with Crippen LogP contribution in [0.4, 0.5) is 0 Å². The van der Waals surface area contributed by atoms with Crippen LogP contribution < -0.4 is 0 Å². The summed E-state index contributed by atoms with van der Waals surface area (Å²) in [5.41, 5.74) is 2.32. The van der Waals surface area contributed by atoms with Crippen molar-refractivity contribution >= 4 is 0 Å². The van der Waals surface area contributed by atoms with E-state index in [9.17, 15) is 0 Å². The normalized spacial score (nSPS) is 9.71. The van der Waals surface area contributed by atoms with Crippen LogP contribution in [0.1, 0.15) is 5.69 Å². The number of nitrogens with zero attached hydrogens (tertiary/aromatic N) is 3. The predicted octanol–water partition coefficient (Wildman–Crippen LogP) is 1.96. The van der Waals surface area contributed by atoms with Gasteiger partial charge in [0.1, 0.15) is 17.5 Å². The third-order valence-electron chi connectivity index (χ3n) is 2.09. The molecule has 0 saturated carbocycles. The lowest BCUT2D eigenvalue weighted by atomic mass is 10.1. The molecule has 14 heavy (non-hydrogen) atoms. The van der Waals surface area contributed by atoms with Gasteiger partial charge in [-0.25, -0.2) is 4.98 Å². The van der Waals surface area contributed by atoms with E-state index in [4.69, 9.17) is 5.26 Å². The molecular weight excluding hydrogens is 174 g/mol. The molecule has 0 atom stereocenters. The molecule has 0 unspecified atom stereocenters. The zero-order valence-corrected chi connectivity index (χ0v) is 7.81. The Balaban J connectivity index is 2.59. The highest BCUT2D eigenvalue weighted by molar-refractivity contribution is 5.64. The fraction of sp³-hybridized carbons (Fsp3) is 0.0909. The minimum Gasteiger partial charge on any atom is -0.325 e. The second-order valence-corrected chi connectivity index (χ2v) is 3.03. The van der Waals surface area contributed by atoms with Gasteiger partial charge in [-0.1, -0.05) is 30.3 Å². The minimum absolute atomic E-state index is 0.594. The highest BCUT2D eigenvalue weighted by atomic mass is 15.0. The maximum absolute atomic E-state index is 8.94. The number of benzene rings is 1. The standard InChI is InChI=1S/C11H9N3/c1-14-8-13-11(10(14)7-12)9-5-3-2-4-6-9/h2-6,8H,1H3. The van der Waals surface area contributed by atoms with Crippen molar-refractivity contribution in [2.24, 2.45) is 7.05 Å². The molecule has 2 rings (SSSR count). The van der Waals surface area contributed by atoms with Gasteiger partial charge in [0.2, 0.25) is 0 Å². The zero-order chi connectivity index (χ0) is 9.97. The van der Waals surface area contributed by atoms with Gasteiger partial charge in [0.15, 0.2) is 0 Å². The van der Waals surface area contributed by atoms with E-state index < -0.39 is 0 Å². The first-order valence-electron chi connectivity index (χ1n) is 4.30. The topological polar surface area (TPSA) is 41.6 Å². The lowest BCUT2D eigenvalue weighted by Crippen LogP contribution is -1.90. The van der Waals surface area contributed by atoms with E-state index in [1.165, 1.54) is 0 Å². The number of aromatic nitrogens is 2. The second kappa shape index (κ2) is 3.35. The average molecular weight is 183 g/mol. The van der Waals surface area contributed by atoms with E-state index >= 15 is 0 Å². The van der Waals surface area contributed by atoms with Crippen LogP contribution >= 0.6 is 0 Å². The molecule has 1 aromatic heterocycles. The Morgan fingerprint density at radius 3 is 2.64 bits per heavy atom. The van der Waals surface area contributed by atoms with E-state index in [1.807, 2.05) is 37.4 Å². The Morgan fingerprint density at radius 1 is 1.29 bits per heavy atom. The van der Waals surface area contributed by atoms with Gasteiger partial charge in [-0.15, -0.1) is 0 Å². The van der Waals surface area contributed by atoms with Gasteiger partial charge >= 0.3 is 0 Å². The molecule has 0 aliphatic rings. The summed E-state index contributed by atoms with van der Waals surface area (Å²) in [7, 11) is 1.82. The van der Waals surface area contributed by atoms with Gasteiger partial charge in [0.25, 0.3) is 0 Å². The molecule has 1 aromatic carbocycles. The van der Waals surface area contributed by atoms with Gasteiger partial charge in [-0.2, -0.15) is 5.26 Å². The number of imidazole rings is 1. The molecule has 1 heterocycles. The quantitative estimate of drug-likeness (QED) is 0.678. The molecule has 0 aliphatic carbocycles. The minimum atomic E-state index is 0.594.